The normalized spacial score (nSPS) is 14.1. The number of piperidine rings is 1. The van der Waals surface area contributed by atoms with Gasteiger partial charge in [0.25, 0.3) is 5.91 Å². The number of carbonyl (C=O) groups is 1. The number of rotatable bonds is 5. The van der Waals surface area contributed by atoms with E-state index >= 15 is 0 Å². The highest BCUT2D eigenvalue weighted by Crippen LogP contribution is 2.22. The Bertz CT molecular complexity index is 1340. The Balaban J connectivity index is 1.18. The molecule has 2 aromatic heterocycles. The van der Waals surface area contributed by atoms with E-state index in [1.54, 1.807) is 42.6 Å². The third-order valence-corrected chi connectivity index (χ3v) is 6.02. The van der Waals surface area contributed by atoms with Crippen molar-refractivity contribution in [1.82, 2.24) is 20.3 Å². The monoisotopic (exact) mass is 471 g/mol. The van der Waals surface area contributed by atoms with Gasteiger partial charge in [-0.1, -0.05) is 24.3 Å². The lowest BCUT2D eigenvalue weighted by Gasteiger charge is -2.32. The molecule has 0 saturated carbocycles. The maximum Gasteiger partial charge on any atom is 0.253 e. The van der Waals surface area contributed by atoms with E-state index in [2.05, 4.69) is 25.2 Å². The summed E-state index contributed by atoms with van der Waals surface area (Å²) in [6, 6.07) is 17.7. The summed E-state index contributed by atoms with van der Waals surface area (Å²) >= 11 is 0. The van der Waals surface area contributed by atoms with Crippen molar-refractivity contribution in [3.63, 3.8) is 0 Å². The molecule has 0 atom stereocenters. The van der Waals surface area contributed by atoms with Gasteiger partial charge in [0, 0.05) is 42.7 Å². The molecule has 0 spiro atoms. The Morgan fingerprint density at radius 3 is 2.17 bits per heavy atom. The molecule has 5 rings (SSSR count). The van der Waals surface area contributed by atoms with Crippen LogP contribution >= 0.6 is 0 Å². The summed E-state index contributed by atoms with van der Waals surface area (Å²) in [6.07, 6.45) is 4.68. The Hall–Kier alpha value is -4.20. The van der Waals surface area contributed by atoms with Crippen molar-refractivity contribution < 1.29 is 13.6 Å². The predicted molar refractivity (Wildman–Crippen MR) is 130 cm³/mol. The molecule has 1 aliphatic rings. The van der Waals surface area contributed by atoms with E-state index in [0.29, 0.717) is 47.1 Å². The van der Waals surface area contributed by atoms with E-state index < -0.39 is 0 Å². The van der Waals surface area contributed by atoms with E-state index in [9.17, 15) is 13.6 Å². The minimum Gasteiger partial charge on any atom is -0.349 e. The summed E-state index contributed by atoms with van der Waals surface area (Å²) in [5.74, 6) is -0.235. The number of carbonyl (C=O) groups excluding carboxylic acids is 1. The number of pyridine rings is 1. The van der Waals surface area contributed by atoms with Crippen molar-refractivity contribution in [2.24, 2.45) is 0 Å². The molecular weight excluding hydrogens is 448 g/mol. The summed E-state index contributed by atoms with van der Waals surface area (Å²) in [5.41, 5.74) is 3.09. The highest BCUT2D eigenvalue weighted by atomic mass is 19.1. The molecule has 1 fully saturated rings. The highest BCUT2D eigenvalue weighted by Gasteiger charge is 2.23. The zero-order valence-electron chi connectivity index (χ0n) is 18.9. The van der Waals surface area contributed by atoms with Gasteiger partial charge in [-0.2, -0.15) is 0 Å². The van der Waals surface area contributed by atoms with Gasteiger partial charge in [-0.05, 0) is 55.3 Å². The Labute approximate surface area is 201 Å². The average Bonchev–Trinajstić information content (AvgIpc) is 2.89. The van der Waals surface area contributed by atoms with Crippen molar-refractivity contribution in [2.45, 2.75) is 18.9 Å². The van der Waals surface area contributed by atoms with Gasteiger partial charge in [-0.15, -0.1) is 0 Å². The molecule has 4 aromatic rings. The molecule has 1 aliphatic heterocycles. The van der Waals surface area contributed by atoms with Gasteiger partial charge in [0.1, 0.15) is 11.6 Å². The molecule has 8 heteroatoms. The lowest BCUT2D eigenvalue weighted by molar-refractivity contribution is 0.0930. The van der Waals surface area contributed by atoms with Crippen LogP contribution in [0.15, 0.2) is 79.1 Å². The Kier molecular flexibility index (Phi) is 6.43. The fourth-order valence-corrected chi connectivity index (χ4v) is 4.15. The molecule has 176 valence electrons. The van der Waals surface area contributed by atoms with Crippen molar-refractivity contribution >= 4 is 11.9 Å². The minimum absolute atomic E-state index is 0.0213. The van der Waals surface area contributed by atoms with E-state index in [1.165, 1.54) is 30.5 Å². The first-order valence-corrected chi connectivity index (χ1v) is 11.4. The minimum atomic E-state index is -0.330. The molecule has 3 heterocycles. The second kappa shape index (κ2) is 9.97. The van der Waals surface area contributed by atoms with Crippen molar-refractivity contribution in [3.05, 3.63) is 96.3 Å². The molecule has 2 aromatic carbocycles. The first-order chi connectivity index (χ1) is 17.0. The first kappa shape index (κ1) is 22.6. The van der Waals surface area contributed by atoms with Crippen LogP contribution in [0.2, 0.25) is 0 Å². The summed E-state index contributed by atoms with van der Waals surface area (Å²) in [5, 5.41) is 3.07. The average molecular weight is 472 g/mol. The van der Waals surface area contributed by atoms with Crippen LogP contribution in [0.4, 0.5) is 14.7 Å². The molecular formula is C27H23F2N5O. The predicted octanol–water partition coefficient (Wildman–Crippen LogP) is 4.88. The second-order valence-electron chi connectivity index (χ2n) is 8.43. The van der Waals surface area contributed by atoms with Crippen molar-refractivity contribution in [1.29, 1.82) is 0 Å². The molecule has 1 N–H and O–H groups in total. The van der Waals surface area contributed by atoms with Gasteiger partial charge in [0.2, 0.25) is 5.95 Å². The largest absolute Gasteiger partial charge is 0.349 e. The molecule has 1 amide bonds. The number of anilines is 1. The number of benzene rings is 2. The van der Waals surface area contributed by atoms with Crippen LogP contribution in [0.25, 0.3) is 22.5 Å². The second-order valence-corrected chi connectivity index (χ2v) is 8.43. The number of aromatic nitrogens is 3. The molecule has 6 nitrogen and oxygen atoms in total. The number of amides is 1. The smallest absolute Gasteiger partial charge is 0.253 e. The first-order valence-electron chi connectivity index (χ1n) is 11.4. The summed E-state index contributed by atoms with van der Waals surface area (Å²) in [7, 11) is 0. The van der Waals surface area contributed by atoms with Crippen LogP contribution in [-0.4, -0.2) is 40.0 Å². The quantitative estimate of drug-likeness (QED) is 0.449. The van der Waals surface area contributed by atoms with Gasteiger partial charge in [-0.3, -0.25) is 9.78 Å². The van der Waals surface area contributed by atoms with Gasteiger partial charge >= 0.3 is 0 Å². The maximum atomic E-state index is 13.6. The van der Waals surface area contributed by atoms with E-state index in [4.69, 9.17) is 0 Å². The van der Waals surface area contributed by atoms with Crippen LogP contribution in [0, 0.1) is 11.6 Å². The van der Waals surface area contributed by atoms with Crippen molar-refractivity contribution in [2.75, 3.05) is 18.0 Å². The molecule has 1 saturated heterocycles. The summed E-state index contributed by atoms with van der Waals surface area (Å²) in [6.45, 7) is 1.38. The van der Waals surface area contributed by atoms with Crippen LogP contribution in [0.5, 0.6) is 0 Å². The third kappa shape index (κ3) is 5.32. The van der Waals surface area contributed by atoms with E-state index in [1.807, 2.05) is 6.07 Å². The summed E-state index contributed by atoms with van der Waals surface area (Å²) in [4.78, 5) is 28.1. The van der Waals surface area contributed by atoms with Gasteiger partial charge in [0.15, 0.2) is 0 Å². The Morgan fingerprint density at radius 2 is 1.54 bits per heavy atom. The van der Waals surface area contributed by atoms with Gasteiger partial charge in [0.05, 0.1) is 17.0 Å². The Morgan fingerprint density at radius 1 is 0.857 bits per heavy atom. The molecule has 0 bridgehead atoms. The lowest BCUT2D eigenvalue weighted by Crippen LogP contribution is -2.45. The van der Waals surface area contributed by atoms with Gasteiger partial charge in [-0.25, -0.2) is 18.7 Å². The number of halogens is 2. The fraction of sp³-hybridized carbons (Fsp3) is 0.185. The molecule has 0 unspecified atom stereocenters. The van der Waals surface area contributed by atoms with Gasteiger partial charge < -0.3 is 10.2 Å². The molecule has 0 aliphatic carbocycles. The number of nitrogens with zero attached hydrogens (tertiary/aromatic N) is 4. The SMILES string of the molecule is O=C(NC1CCN(c2nccc(-c3cccc(F)c3)n2)CC1)c1ccc(-c2cccc(F)c2)nc1. The lowest BCUT2D eigenvalue weighted by atomic mass is 10.0. The number of hydrogen-bond acceptors (Lipinski definition) is 5. The standard InChI is InChI=1S/C27H23F2N5O/c28-21-5-1-3-18(15-21)24-8-7-20(17-31-24)26(35)32-23-10-13-34(14-11-23)27-30-12-9-25(33-27)19-4-2-6-22(29)16-19/h1-9,12,15-17,23H,10-11,13-14H2,(H,32,35). The zero-order valence-corrected chi connectivity index (χ0v) is 18.9. The van der Waals surface area contributed by atoms with Crippen LogP contribution in [0.3, 0.4) is 0 Å². The van der Waals surface area contributed by atoms with Crippen LogP contribution < -0.4 is 10.2 Å². The molecule has 35 heavy (non-hydrogen) atoms. The van der Waals surface area contributed by atoms with Crippen molar-refractivity contribution in [3.8, 4) is 22.5 Å². The van der Waals surface area contributed by atoms with Crippen LogP contribution in [-0.2, 0) is 0 Å². The summed E-state index contributed by atoms with van der Waals surface area (Å²) < 4.78 is 27.0. The fourth-order valence-electron chi connectivity index (χ4n) is 4.15. The zero-order chi connectivity index (χ0) is 24.2. The molecule has 0 radical (unpaired) electrons. The maximum absolute atomic E-state index is 13.6. The topological polar surface area (TPSA) is 71.0 Å². The number of hydrogen-bond donors (Lipinski definition) is 1. The van der Waals surface area contributed by atoms with E-state index in [-0.39, 0.29) is 23.6 Å². The third-order valence-electron chi connectivity index (χ3n) is 6.02. The number of nitrogens with one attached hydrogen (secondary N) is 1. The van der Waals surface area contributed by atoms with Crippen LogP contribution in [0.1, 0.15) is 23.2 Å². The highest BCUT2D eigenvalue weighted by molar-refractivity contribution is 5.94. The van der Waals surface area contributed by atoms with E-state index in [0.717, 1.165) is 12.8 Å².